The number of aromatic nitrogens is 3. The van der Waals surface area contributed by atoms with E-state index >= 15 is 0 Å². The largest absolute Gasteiger partial charge is 0.353 e. The second-order valence-corrected chi connectivity index (χ2v) is 12.5. The molecule has 3 aromatic heterocycles. The average molecular weight is 586 g/mol. The third kappa shape index (κ3) is 5.62. The van der Waals surface area contributed by atoms with E-state index in [2.05, 4.69) is 4.98 Å². The standard InChI is InChI=1S/C29H27F2N5O2.C5H10/c30-18-5-6-21(23(9-18)28(37)35-12-19(31)13-35)17-7-25(16-3-4-16)34-26(8-17)36-14-24(15-1-2-15)22-10-20(11-32)33-27(22)29(36)38;1-2-4-5-3-1/h5-10,14-16,19,33H,1-4,11-13,32H2;1-5H2. The number of halogens is 2. The molecule has 0 radical (unpaired) electrons. The molecular weight excluding hydrogens is 548 g/mol. The zero-order valence-electron chi connectivity index (χ0n) is 24.3. The summed E-state index contributed by atoms with van der Waals surface area (Å²) in [7, 11) is 0. The molecule has 4 aromatic rings. The van der Waals surface area contributed by atoms with Gasteiger partial charge in [-0.25, -0.2) is 13.8 Å². The minimum atomic E-state index is -1.06. The number of carbonyl (C=O) groups is 1. The topological polar surface area (TPSA) is 97.0 Å². The lowest BCUT2D eigenvalue weighted by molar-refractivity contribution is 0.0400. The molecule has 224 valence electrons. The monoisotopic (exact) mass is 585 g/mol. The second-order valence-electron chi connectivity index (χ2n) is 12.5. The Kier molecular flexibility index (Phi) is 7.37. The van der Waals surface area contributed by atoms with Crippen molar-refractivity contribution >= 4 is 16.8 Å². The molecule has 3 saturated carbocycles. The molecule has 3 aliphatic carbocycles. The maximum Gasteiger partial charge on any atom is 0.280 e. The minimum absolute atomic E-state index is 0.00396. The van der Waals surface area contributed by atoms with Gasteiger partial charge < -0.3 is 15.6 Å². The fourth-order valence-corrected chi connectivity index (χ4v) is 6.29. The maximum absolute atomic E-state index is 14.3. The molecule has 43 heavy (non-hydrogen) atoms. The van der Waals surface area contributed by atoms with E-state index in [1.807, 2.05) is 18.3 Å². The van der Waals surface area contributed by atoms with Crippen molar-refractivity contribution in [2.45, 2.75) is 82.3 Å². The lowest BCUT2D eigenvalue weighted by Gasteiger charge is -2.34. The summed E-state index contributed by atoms with van der Waals surface area (Å²) in [4.78, 5) is 36.3. The summed E-state index contributed by atoms with van der Waals surface area (Å²) in [5.74, 6) is 0.165. The van der Waals surface area contributed by atoms with Gasteiger partial charge in [-0.05, 0) is 78.6 Å². The Morgan fingerprint density at radius 1 is 0.977 bits per heavy atom. The van der Waals surface area contributed by atoms with Gasteiger partial charge in [0.1, 0.15) is 23.3 Å². The van der Waals surface area contributed by atoms with Crippen LogP contribution in [-0.2, 0) is 6.54 Å². The van der Waals surface area contributed by atoms with Crippen molar-refractivity contribution in [3.8, 4) is 16.9 Å². The second kappa shape index (κ2) is 11.3. The van der Waals surface area contributed by atoms with Gasteiger partial charge in [0.05, 0.1) is 18.7 Å². The lowest BCUT2D eigenvalue weighted by atomic mass is 9.96. The molecule has 0 spiro atoms. The van der Waals surface area contributed by atoms with Crippen LogP contribution in [0.3, 0.4) is 0 Å². The number of pyridine rings is 2. The fraction of sp³-hybridized carbons (Fsp3) is 0.441. The van der Waals surface area contributed by atoms with Crippen LogP contribution >= 0.6 is 0 Å². The normalized spacial score (nSPS) is 18.4. The summed E-state index contributed by atoms with van der Waals surface area (Å²) in [6, 6.07) is 9.75. The lowest BCUT2D eigenvalue weighted by Crippen LogP contribution is -2.51. The number of likely N-dealkylation sites (tertiary alicyclic amines) is 1. The maximum atomic E-state index is 14.3. The van der Waals surface area contributed by atoms with Crippen molar-refractivity contribution in [2.24, 2.45) is 5.73 Å². The first-order chi connectivity index (χ1) is 20.9. The molecule has 1 aliphatic heterocycles. The number of nitrogens with one attached hydrogen (secondary N) is 1. The number of nitrogens with two attached hydrogens (primary N) is 1. The smallest absolute Gasteiger partial charge is 0.280 e. The van der Waals surface area contributed by atoms with Crippen LogP contribution in [0, 0.1) is 5.82 Å². The van der Waals surface area contributed by atoms with Gasteiger partial charge in [-0.3, -0.25) is 14.2 Å². The van der Waals surface area contributed by atoms with Crippen LogP contribution in [0.25, 0.3) is 27.8 Å². The predicted octanol–water partition coefficient (Wildman–Crippen LogP) is 6.48. The SMILES string of the molecule is C1CCCC1.NCc1cc2c(C3CC3)cn(-c3cc(-c4ccc(F)cc4C(=O)N4CC(F)C4)cc(C4CC4)n3)c(=O)c2[nH]1. The number of carbonyl (C=O) groups excluding carboxylic acids is 1. The van der Waals surface area contributed by atoms with Crippen molar-refractivity contribution < 1.29 is 13.6 Å². The van der Waals surface area contributed by atoms with Crippen LogP contribution in [0.5, 0.6) is 0 Å². The molecule has 9 heteroatoms. The quantitative estimate of drug-likeness (QED) is 0.271. The summed E-state index contributed by atoms with van der Waals surface area (Å²) in [5.41, 5.74) is 10.3. The molecule has 3 N–H and O–H groups in total. The number of H-pyrrole nitrogens is 1. The van der Waals surface area contributed by atoms with E-state index in [4.69, 9.17) is 10.7 Å². The Morgan fingerprint density at radius 3 is 2.30 bits per heavy atom. The summed E-state index contributed by atoms with van der Waals surface area (Å²) in [6.07, 6.45) is 12.4. The molecule has 0 atom stereocenters. The van der Waals surface area contributed by atoms with Gasteiger partial charge in [0.15, 0.2) is 0 Å². The van der Waals surface area contributed by atoms with Crippen LogP contribution in [0.4, 0.5) is 8.78 Å². The Balaban J connectivity index is 0.000000547. The van der Waals surface area contributed by atoms with Crippen molar-refractivity contribution in [1.82, 2.24) is 19.4 Å². The van der Waals surface area contributed by atoms with Gasteiger partial charge in [-0.2, -0.15) is 0 Å². The number of hydrogen-bond donors (Lipinski definition) is 2. The first-order valence-electron chi connectivity index (χ1n) is 15.6. The summed E-state index contributed by atoms with van der Waals surface area (Å²) in [6.45, 7) is 0.313. The molecule has 1 aromatic carbocycles. The number of aromatic amines is 1. The van der Waals surface area contributed by atoms with Gasteiger partial charge in [0.25, 0.3) is 11.5 Å². The molecule has 7 nitrogen and oxygen atoms in total. The van der Waals surface area contributed by atoms with E-state index in [1.165, 1.54) is 49.1 Å². The number of rotatable bonds is 6. The van der Waals surface area contributed by atoms with E-state index in [9.17, 15) is 18.4 Å². The highest BCUT2D eigenvalue weighted by Crippen LogP contribution is 2.44. The number of benzene rings is 1. The number of amides is 1. The first-order valence-corrected chi connectivity index (χ1v) is 15.6. The Hall–Kier alpha value is -3.85. The van der Waals surface area contributed by atoms with Gasteiger partial charge in [-0.15, -0.1) is 0 Å². The zero-order valence-corrected chi connectivity index (χ0v) is 24.3. The van der Waals surface area contributed by atoms with Gasteiger partial charge in [0, 0.05) is 35.4 Å². The van der Waals surface area contributed by atoms with E-state index in [1.54, 1.807) is 16.7 Å². The van der Waals surface area contributed by atoms with Crippen molar-refractivity contribution in [3.63, 3.8) is 0 Å². The number of alkyl halides is 1. The van der Waals surface area contributed by atoms with Crippen LogP contribution in [0.15, 0.2) is 47.4 Å². The predicted molar refractivity (Wildman–Crippen MR) is 163 cm³/mol. The third-order valence-electron chi connectivity index (χ3n) is 9.09. The Labute approximate surface area is 249 Å². The minimum Gasteiger partial charge on any atom is -0.353 e. The average Bonchev–Trinajstić information content (AvgIpc) is 3.92. The Bertz CT molecular complexity index is 1740. The number of fused-ring (bicyclic) bond motifs is 1. The molecule has 1 saturated heterocycles. The van der Waals surface area contributed by atoms with Crippen molar-refractivity contribution in [1.29, 1.82) is 0 Å². The summed E-state index contributed by atoms with van der Waals surface area (Å²) < 4.78 is 29.4. The zero-order chi connectivity index (χ0) is 29.7. The molecule has 4 heterocycles. The highest BCUT2D eigenvalue weighted by molar-refractivity contribution is 6.01. The summed E-state index contributed by atoms with van der Waals surface area (Å²) in [5, 5.41) is 0.903. The summed E-state index contributed by atoms with van der Waals surface area (Å²) >= 11 is 0. The van der Waals surface area contributed by atoms with Crippen molar-refractivity contribution in [3.05, 3.63) is 81.3 Å². The van der Waals surface area contributed by atoms with E-state index < -0.39 is 17.9 Å². The van der Waals surface area contributed by atoms with Crippen LogP contribution < -0.4 is 11.3 Å². The number of hydrogen-bond acceptors (Lipinski definition) is 4. The highest BCUT2D eigenvalue weighted by Gasteiger charge is 2.33. The molecule has 4 aliphatic rings. The van der Waals surface area contributed by atoms with E-state index in [0.29, 0.717) is 34.9 Å². The van der Waals surface area contributed by atoms with Gasteiger partial charge in [0.2, 0.25) is 0 Å². The molecule has 8 rings (SSSR count). The third-order valence-corrected chi connectivity index (χ3v) is 9.09. The number of nitrogens with zero attached hydrogens (tertiary/aromatic N) is 3. The first kappa shape index (κ1) is 28.0. The molecular formula is C34H37F2N5O2. The van der Waals surface area contributed by atoms with Gasteiger partial charge >= 0.3 is 0 Å². The molecule has 0 bridgehead atoms. The van der Waals surface area contributed by atoms with Gasteiger partial charge in [-0.1, -0.05) is 38.2 Å². The van der Waals surface area contributed by atoms with E-state index in [0.717, 1.165) is 48.0 Å². The van der Waals surface area contributed by atoms with Crippen LogP contribution in [-0.4, -0.2) is 44.6 Å². The van der Waals surface area contributed by atoms with Crippen LogP contribution in [0.1, 0.15) is 96.9 Å². The van der Waals surface area contributed by atoms with Crippen LogP contribution in [0.2, 0.25) is 0 Å². The molecule has 0 unspecified atom stereocenters. The Morgan fingerprint density at radius 2 is 1.67 bits per heavy atom. The fourth-order valence-electron chi connectivity index (χ4n) is 6.29. The highest BCUT2D eigenvalue weighted by atomic mass is 19.1. The molecule has 4 fully saturated rings. The molecule has 1 amide bonds. The van der Waals surface area contributed by atoms with Crippen molar-refractivity contribution in [2.75, 3.05) is 13.1 Å². The van der Waals surface area contributed by atoms with E-state index in [-0.39, 0.29) is 30.1 Å².